The predicted octanol–water partition coefficient (Wildman–Crippen LogP) is 0.656. The summed E-state index contributed by atoms with van der Waals surface area (Å²) in [6, 6.07) is -0.0121. The average molecular weight is 263 g/mol. The summed E-state index contributed by atoms with van der Waals surface area (Å²) in [4.78, 5) is 25.3. The maximum atomic E-state index is 12.3. The molecular weight excluding hydrogens is 246 g/mol. The van der Waals surface area contributed by atoms with Crippen molar-refractivity contribution in [1.29, 1.82) is 0 Å². The molecule has 0 aliphatic carbocycles. The van der Waals surface area contributed by atoms with Gasteiger partial charge in [-0.2, -0.15) is 5.10 Å². The molecular formula is C13H17N3O3. The van der Waals surface area contributed by atoms with Gasteiger partial charge in [-0.1, -0.05) is 0 Å². The lowest BCUT2D eigenvalue weighted by Crippen LogP contribution is -2.39. The number of carboxylic acid groups (broad SMARTS) is 1. The second-order valence-corrected chi connectivity index (χ2v) is 5.50. The third-order valence-corrected chi connectivity index (χ3v) is 4.20. The molecule has 2 aliphatic heterocycles. The fourth-order valence-electron chi connectivity index (χ4n) is 3.42. The molecule has 2 saturated heterocycles. The Kier molecular flexibility index (Phi) is 2.80. The van der Waals surface area contributed by atoms with Crippen LogP contribution in [0.4, 0.5) is 0 Å². The topological polar surface area (TPSA) is 75.4 Å². The molecule has 3 rings (SSSR count). The van der Waals surface area contributed by atoms with Gasteiger partial charge >= 0.3 is 5.97 Å². The van der Waals surface area contributed by atoms with Crippen molar-refractivity contribution in [3.05, 3.63) is 18.0 Å². The number of fused-ring (bicyclic) bond motifs is 2. The van der Waals surface area contributed by atoms with Gasteiger partial charge in [-0.25, -0.2) is 0 Å². The third-order valence-electron chi connectivity index (χ3n) is 4.20. The molecule has 3 atom stereocenters. The minimum absolute atomic E-state index is 0.0145. The van der Waals surface area contributed by atoms with Gasteiger partial charge in [0, 0.05) is 18.3 Å². The number of carboxylic acids is 1. The van der Waals surface area contributed by atoms with Gasteiger partial charge in [-0.15, -0.1) is 0 Å². The number of nitrogens with zero attached hydrogens (tertiary/aromatic N) is 3. The Hall–Kier alpha value is -1.85. The van der Waals surface area contributed by atoms with Gasteiger partial charge in [0.1, 0.15) is 6.54 Å². The van der Waals surface area contributed by atoms with Crippen molar-refractivity contribution in [1.82, 2.24) is 14.7 Å². The summed E-state index contributed by atoms with van der Waals surface area (Å²) in [5, 5.41) is 13.3. The van der Waals surface area contributed by atoms with Gasteiger partial charge in [0.05, 0.1) is 12.1 Å². The van der Waals surface area contributed by atoms with E-state index in [1.54, 1.807) is 15.8 Å². The second-order valence-electron chi connectivity index (χ2n) is 5.50. The van der Waals surface area contributed by atoms with Crippen molar-refractivity contribution in [2.24, 2.45) is 5.92 Å². The van der Waals surface area contributed by atoms with Crippen molar-refractivity contribution in [3.8, 4) is 0 Å². The Morgan fingerprint density at radius 2 is 2.26 bits per heavy atom. The minimum Gasteiger partial charge on any atom is -0.481 e. The van der Waals surface area contributed by atoms with E-state index in [1.807, 2.05) is 13.1 Å². The molecule has 6 heteroatoms. The Morgan fingerprint density at radius 1 is 1.47 bits per heavy atom. The molecule has 0 saturated carbocycles. The zero-order valence-corrected chi connectivity index (χ0v) is 10.8. The van der Waals surface area contributed by atoms with Crippen LogP contribution in [0.1, 0.15) is 24.8 Å². The first kappa shape index (κ1) is 12.2. The number of aryl methyl sites for hydroxylation is 1. The highest BCUT2D eigenvalue weighted by Crippen LogP contribution is 2.41. The molecule has 0 radical (unpaired) electrons. The van der Waals surface area contributed by atoms with Gasteiger partial charge in [-0.05, 0) is 31.7 Å². The molecule has 1 aromatic heterocycles. The van der Waals surface area contributed by atoms with Crippen LogP contribution in [0.5, 0.6) is 0 Å². The SMILES string of the molecule is Cc1cnn(CC(=O)N2C3CCC2C(C(=O)O)C3)c1. The maximum Gasteiger partial charge on any atom is 0.308 e. The van der Waals surface area contributed by atoms with Gasteiger partial charge < -0.3 is 10.0 Å². The van der Waals surface area contributed by atoms with Crippen LogP contribution in [0.25, 0.3) is 0 Å². The Morgan fingerprint density at radius 3 is 2.84 bits per heavy atom. The molecule has 1 aromatic rings. The Balaban J connectivity index is 1.72. The van der Waals surface area contributed by atoms with Crippen molar-refractivity contribution in [3.63, 3.8) is 0 Å². The van der Waals surface area contributed by atoms with Crippen LogP contribution < -0.4 is 0 Å². The first-order valence-electron chi connectivity index (χ1n) is 6.59. The minimum atomic E-state index is -0.778. The summed E-state index contributed by atoms with van der Waals surface area (Å²) in [5.74, 6) is -1.18. The van der Waals surface area contributed by atoms with Crippen molar-refractivity contribution >= 4 is 11.9 Å². The summed E-state index contributed by atoms with van der Waals surface area (Å²) in [6.45, 7) is 2.13. The molecule has 19 heavy (non-hydrogen) atoms. The first-order chi connectivity index (χ1) is 9.06. The highest BCUT2D eigenvalue weighted by atomic mass is 16.4. The number of hydrogen-bond donors (Lipinski definition) is 1. The highest BCUT2D eigenvalue weighted by Gasteiger charge is 2.51. The van der Waals surface area contributed by atoms with E-state index in [0.29, 0.717) is 6.42 Å². The number of rotatable bonds is 3. The Labute approximate surface area is 111 Å². The molecule has 0 spiro atoms. The van der Waals surface area contributed by atoms with Crippen LogP contribution in [-0.4, -0.2) is 43.7 Å². The van der Waals surface area contributed by atoms with Crippen molar-refractivity contribution in [2.45, 2.75) is 44.8 Å². The van der Waals surface area contributed by atoms with Gasteiger partial charge in [0.25, 0.3) is 0 Å². The van der Waals surface area contributed by atoms with Crippen LogP contribution >= 0.6 is 0 Å². The van der Waals surface area contributed by atoms with E-state index < -0.39 is 5.97 Å². The number of aliphatic carboxylic acids is 1. The van der Waals surface area contributed by atoms with E-state index in [1.165, 1.54) is 0 Å². The zero-order valence-electron chi connectivity index (χ0n) is 10.8. The van der Waals surface area contributed by atoms with E-state index >= 15 is 0 Å². The summed E-state index contributed by atoms with van der Waals surface area (Å²) in [6.07, 6.45) is 5.88. The summed E-state index contributed by atoms with van der Waals surface area (Å²) < 4.78 is 1.62. The second kappa shape index (κ2) is 4.36. The number of carbonyl (C=O) groups is 2. The predicted molar refractivity (Wildman–Crippen MR) is 66.4 cm³/mol. The van der Waals surface area contributed by atoms with E-state index in [0.717, 1.165) is 18.4 Å². The number of aromatic nitrogens is 2. The average Bonchev–Trinajstić information content (AvgIpc) is 3.02. The lowest BCUT2D eigenvalue weighted by Gasteiger charge is -2.23. The number of hydrogen-bond acceptors (Lipinski definition) is 3. The van der Waals surface area contributed by atoms with Gasteiger partial charge in [-0.3, -0.25) is 14.3 Å². The lowest BCUT2D eigenvalue weighted by atomic mass is 9.89. The van der Waals surface area contributed by atoms with E-state index in [9.17, 15) is 14.7 Å². The van der Waals surface area contributed by atoms with Crippen LogP contribution in [0.3, 0.4) is 0 Å². The zero-order chi connectivity index (χ0) is 13.6. The summed E-state index contributed by atoms with van der Waals surface area (Å²) in [7, 11) is 0. The third kappa shape index (κ3) is 2.01. The van der Waals surface area contributed by atoms with Crippen molar-refractivity contribution in [2.75, 3.05) is 0 Å². The van der Waals surface area contributed by atoms with Crippen LogP contribution in [-0.2, 0) is 16.1 Å². The standard InChI is InChI=1S/C13H17N3O3/c1-8-5-14-15(6-8)7-12(17)16-9-2-3-11(16)10(4-9)13(18)19/h5-6,9-11H,2-4,7H2,1H3,(H,18,19). The highest BCUT2D eigenvalue weighted by molar-refractivity contribution is 5.80. The summed E-state index contributed by atoms with van der Waals surface area (Å²) in [5.41, 5.74) is 1.01. The molecule has 102 valence electrons. The molecule has 2 aliphatic rings. The molecule has 3 heterocycles. The molecule has 6 nitrogen and oxygen atoms in total. The molecule has 2 fully saturated rings. The van der Waals surface area contributed by atoms with E-state index in [4.69, 9.17) is 0 Å². The van der Waals surface area contributed by atoms with Crippen LogP contribution in [0.2, 0.25) is 0 Å². The monoisotopic (exact) mass is 263 g/mol. The number of amides is 1. The van der Waals surface area contributed by atoms with Crippen molar-refractivity contribution < 1.29 is 14.7 Å². The van der Waals surface area contributed by atoms with Crippen LogP contribution in [0, 0.1) is 12.8 Å². The smallest absolute Gasteiger partial charge is 0.308 e. The first-order valence-corrected chi connectivity index (χ1v) is 6.59. The molecule has 2 bridgehead atoms. The quantitative estimate of drug-likeness (QED) is 0.869. The van der Waals surface area contributed by atoms with E-state index in [2.05, 4.69) is 5.10 Å². The lowest BCUT2D eigenvalue weighted by molar-refractivity contribution is -0.143. The molecule has 0 aromatic carbocycles. The maximum absolute atomic E-state index is 12.3. The fourth-order valence-corrected chi connectivity index (χ4v) is 3.42. The normalized spacial score (nSPS) is 28.9. The summed E-state index contributed by atoms with van der Waals surface area (Å²) >= 11 is 0. The molecule has 3 unspecified atom stereocenters. The molecule has 1 amide bonds. The van der Waals surface area contributed by atoms with E-state index in [-0.39, 0.29) is 30.5 Å². The number of carbonyl (C=O) groups excluding carboxylic acids is 1. The van der Waals surface area contributed by atoms with Gasteiger partial charge in [0.2, 0.25) is 5.91 Å². The van der Waals surface area contributed by atoms with Crippen LogP contribution in [0.15, 0.2) is 12.4 Å². The molecule has 1 N–H and O–H groups in total. The van der Waals surface area contributed by atoms with Gasteiger partial charge in [0.15, 0.2) is 0 Å². The fraction of sp³-hybridized carbons (Fsp3) is 0.615. The Bertz CT molecular complexity index is 525. The largest absolute Gasteiger partial charge is 0.481 e.